The predicted molar refractivity (Wildman–Crippen MR) is 76.4 cm³/mol. The number of nitrogens with one attached hydrogen (secondary N) is 1. The van der Waals surface area contributed by atoms with Crippen LogP contribution >= 0.6 is 11.3 Å². The fourth-order valence-corrected chi connectivity index (χ4v) is 2.16. The van der Waals surface area contributed by atoms with Crippen molar-refractivity contribution in [2.45, 2.75) is 13.3 Å². The Morgan fingerprint density at radius 1 is 1.53 bits per heavy atom. The van der Waals surface area contributed by atoms with Gasteiger partial charge in [0.15, 0.2) is 5.13 Å². The van der Waals surface area contributed by atoms with Crippen molar-refractivity contribution >= 4 is 28.1 Å². The van der Waals surface area contributed by atoms with E-state index in [0.717, 1.165) is 5.69 Å². The van der Waals surface area contributed by atoms with Crippen LogP contribution in [0, 0.1) is 6.92 Å². The number of thiazole rings is 1. The molecule has 0 aliphatic carbocycles. The molecule has 0 spiro atoms. The quantitative estimate of drug-likeness (QED) is 0.823. The summed E-state index contributed by atoms with van der Waals surface area (Å²) >= 11 is 1.41. The van der Waals surface area contributed by atoms with E-state index in [1.54, 1.807) is 18.2 Å². The minimum absolute atomic E-state index is 0.113. The molecule has 0 fully saturated rings. The number of benzene rings is 1. The molecule has 0 aliphatic heterocycles. The molecule has 3 N–H and O–H groups in total. The molecular weight excluding hydrogens is 262 g/mol. The topological polar surface area (TPSA) is 77.2 Å². The van der Waals surface area contributed by atoms with Gasteiger partial charge >= 0.3 is 0 Å². The lowest BCUT2D eigenvalue weighted by Crippen LogP contribution is -2.15. The van der Waals surface area contributed by atoms with E-state index in [9.17, 15) is 4.79 Å². The van der Waals surface area contributed by atoms with Crippen LogP contribution in [0.25, 0.3) is 0 Å². The number of carbonyl (C=O) groups excluding carboxylic acids is 1. The Bertz CT molecular complexity index is 569. The average Bonchev–Trinajstić information content (AvgIpc) is 2.75. The first-order valence-corrected chi connectivity index (χ1v) is 6.72. The normalized spacial score (nSPS) is 10.2. The summed E-state index contributed by atoms with van der Waals surface area (Å²) in [6.07, 6.45) is 0.271. The molecule has 2 aromatic rings. The molecule has 1 amide bonds. The minimum Gasteiger partial charge on any atom is -0.493 e. The summed E-state index contributed by atoms with van der Waals surface area (Å²) in [5, 5.41) is 5.23. The van der Waals surface area contributed by atoms with Crippen molar-refractivity contribution < 1.29 is 9.53 Å². The van der Waals surface area contributed by atoms with Crippen LogP contribution in [0.5, 0.6) is 5.75 Å². The molecule has 6 heteroatoms. The van der Waals surface area contributed by atoms with E-state index in [2.05, 4.69) is 10.3 Å². The number of anilines is 2. The Labute approximate surface area is 115 Å². The molecule has 0 unspecified atom stereocenters. The molecule has 0 saturated carbocycles. The fraction of sp³-hybridized carbons (Fsp3) is 0.231. The number of nitrogens with zero attached hydrogens (tertiary/aromatic N) is 1. The Kier molecular flexibility index (Phi) is 4.35. The molecule has 100 valence electrons. The number of carbonyl (C=O) groups is 1. The van der Waals surface area contributed by atoms with Crippen molar-refractivity contribution in [1.82, 2.24) is 4.98 Å². The molecule has 0 bridgehead atoms. The number of hydrogen-bond acceptors (Lipinski definition) is 5. The van der Waals surface area contributed by atoms with Gasteiger partial charge in [0.25, 0.3) is 0 Å². The summed E-state index contributed by atoms with van der Waals surface area (Å²) in [7, 11) is 0. The molecule has 0 atom stereocenters. The zero-order valence-electron chi connectivity index (χ0n) is 10.6. The van der Waals surface area contributed by atoms with Gasteiger partial charge in [-0.15, -0.1) is 11.3 Å². The first-order chi connectivity index (χ1) is 9.13. The Morgan fingerprint density at radius 2 is 2.37 bits per heavy atom. The molecule has 0 radical (unpaired) electrons. The minimum atomic E-state index is -0.113. The van der Waals surface area contributed by atoms with Crippen molar-refractivity contribution in [2.75, 3.05) is 17.7 Å². The van der Waals surface area contributed by atoms with E-state index < -0.39 is 0 Å². The van der Waals surface area contributed by atoms with Crippen LogP contribution in [0.15, 0.2) is 29.6 Å². The number of nitrogen functional groups attached to an aromatic ring is 1. The summed E-state index contributed by atoms with van der Waals surface area (Å²) in [5.41, 5.74) is 7.17. The number of rotatable bonds is 5. The predicted octanol–water partition coefficient (Wildman–Crippen LogP) is 2.44. The van der Waals surface area contributed by atoms with Crippen LogP contribution in [-0.2, 0) is 4.79 Å². The first-order valence-electron chi connectivity index (χ1n) is 5.84. The molecule has 1 aromatic heterocycles. The average molecular weight is 277 g/mol. The number of hydrogen-bond donors (Lipinski definition) is 2. The number of nitrogens with two attached hydrogens (primary N) is 1. The third-order valence-electron chi connectivity index (χ3n) is 2.32. The highest BCUT2D eigenvalue weighted by Gasteiger charge is 2.05. The molecule has 5 nitrogen and oxygen atoms in total. The molecule has 0 saturated heterocycles. The zero-order valence-corrected chi connectivity index (χ0v) is 11.4. The number of aromatic nitrogens is 1. The van der Waals surface area contributed by atoms with Gasteiger partial charge in [-0.2, -0.15) is 0 Å². The highest BCUT2D eigenvalue weighted by molar-refractivity contribution is 7.13. The van der Waals surface area contributed by atoms with E-state index in [1.165, 1.54) is 11.3 Å². The van der Waals surface area contributed by atoms with E-state index in [4.69, 9.17) is 10.5 Å². The van der Waals surface area contributed by atoms with Crippen LogP contribution in [0.4, 0.5) is 10.8 Å². The van der Waals surface area contributed by atoms with E-state index in [-0.39, 0.29) is 12.3 Å². The van der Waals surface area contributed by atoms with Gasteiger partial charge in [-0.25, -0.2) is 4.98 Å². The second-order valence-electron chi connectivity index (χ2n) is 4.01. The van der Waals surface area contributed by atoms with Gasteiger partial charge in [-0.3, -0.25) is 4.79 Å². The summed E-state index contributed by atoms with van der Waals surface area (Å²) in [5.74, 6) is 0.552. The van der Waals surface area contributed by atoms with Gasteiger partial charge in [-0.1, -0.05) is 6.07 Å². The van der Waals surface area contributed by atoms with Crippen molar-refractivity contribution in [3.05, 3.63) is 35.3 Å². The fourth-order valence-electron chi connectivity index (χ4n) is 1.46. The van der Waals surface area contributed by atoms with Gasteiger partial charge in [0, 0.05) is 17.1 Å². The van der Waals surface area contributed by atoms with E-state index in [0.29, 0.717) is 23.2 Å². The van der Waals surface area contributed by atoms with Crippen molar-refractivity contribution in [2.24, 2.45) is 0 Å². The summed E-state index contributed by atoms with van der Waals surface area (Å²) in [6.45, 7) is 2.19. The zero-order chi connectivity index (χ0) is 13.7. The number of aryl methyl sites for hydroxylation is 1. The highest BCUT2D eigenvalue weighted by Crippen LogP contribution is 2.16. The molecular formula is C13H15N3O2S. The number of amides is 1. The van der Waals surface area contributed by atoms with Crippen molar-refractivity contribution in [1.29, 1.82) is 0 Å². The monoisotopic (exact) mass is 277 g/mol. The molecule has 0 aliphatic rings. The maximum atomic E-state index is 11.6. The van der Waals surface area contributed by atoms with Crippen molar-refractivity contribution in [3.8, 4) is 5.75 Å². The SMILES string of the molecule is Cc1csc(NC(=O)CCOc2cccc(N)c2)n1. The van der Waals surface area contributed by atoms with Gasteiger partial charge in [0.1, 0.15) is 5.75 Å². The number of ether oxygens (including phenoxy) is 1. The molecule has 19 heavy (non-hydrogen) atoms. The van der Waals surface area contributed by atoms with Gasteiger partial charge in [0.2, 0.25) is 5.91 Å². The van der Waals surface area contributed by atoms with Crippen LogP contribution in [0.1, 0.15) is 12.1 Å². The van der Waals surface area contributed by atoms with Crippen molar-refractivity contribution in [3.63, 3.8) is 0 Å². The maximum absolute atomic E-state index is 11.6. The summed E-state index contributed by atoms with van der Waals surface area (Å²) in [4.78, 5) is 15.8. The van der Waals surface area contributed by atoms with Crippen LogP contribution in [0.3, 0.4) is 0 Å². The molecule has 2 rings (SSSR count). The second-order valence-corrected chi connectivity index (χ2v) is 4.87. The highest BCUT2D eigenvalue weighted by atomic mass is 32.1. The van der Waals surface area contributed by atoms with Gasteiger partial charge < -0.3 is 15.8 Å². The Morgan fingerprint density at radius 3 is 3.05 bits per heavy atom. The second kappa shape index (κ2) is 6.19. The molecule has 1 aromatic carbocycles. The van der Waals surface area contributed by atoms with Crippen LogP contribution in [-0.4, -0.2) is 17.5 Å². The first kappa shape index (κ1) is 13.4. The lowest BCUT2D eigenvalue weighted by Gasteiger charge is -2.06. The summed E-state index contributed by atoms with van der Waals surface area (Å²) < 4.78 is 5.44. The lowest BCUT2D eigenvalue weighted by molar-refractivity contribution is -0.116. The lowest BCUT2D eigenvalue weighted by atomic mass is 10.3. The maximum Gasteiger partial charge on any atom is 0.229 e. The van der Waals surface area contributed by atoms with Gasteiger partial charge in [-0.05, 0) is 19.1 Å². The van der Waals surface area contributed by atoms with Crippen LogP contribution < -0.4 is 15.8 Å². The third-order valence-corrected chi connectivity index (χ3v) is 3.20. The Hall–Kier alpha value is -2.08. The molecule has 1 heterocycles. The van der Waals surface area contributed by atoms with Gasteiger partial charge in [0.05, 0.1) is 18.7 Å². The third kappa shape index (κ3) is 4.26. The van der Waals surface area contributed by atoms with E-state index >= 15 is 0 Å². The van der Waals surface area contributed by atoms with E-state index in [1.807, 2.05) is 18.4 Å². The smallest absolute Gasteiger partial charge is 0.229 e. The Balaban J connectivity index is 1.75. The summed E-state index contributed by atoms with van der Waals surface area (Å²) in [6, 6.07) is 7.12. The van der Waals surface area contributed by atoms with Crippen LogP contribution in [0.2, 0.25) is 0 Å². The standard InChI is InChI=1S/C13H15N3O2S/c1-9-8-19-13(15-9)16-12(17)5-6-18-11-4-2-3-10(14)7-11/h2-4,7-8H,5-6,14H2,1H3,(H,15,16,17). The largest absolute Gasteiger partial charge is 0.493 e.